The molecule has 1 aliphatic carbocycles. The number of rotatable bonds is 5. The predicted octanol–water partition coefficient (Wildman–Crippen LogP) is 2.85. The van der Waals surface area contributed by atoms with Gasteiger partial charge < -0.3 is 14.3 Å². The molecule has 0 aromatic heterocycles. The van der Waals surface area contributed by atoms with Crippen LogP contribution in [0, 0.1) is 5.92 Å². The highest BCUT2D eigenvalue weighted by atomic mass is 16.6. The fourth-order valence-corrected chi connectivity index (χ4v) is 4.31. The Balaban J connectivity index is 1.80. The molecule has 1 heterocycles. The molecule has 1 saturated carbocycles. The quantitative estimate of drug-likeness (QED) is 0.666. The van der Waals surface area contributed by atoms with Crippen LogP contribution in [0.2, 0.25) is 0 Å². The number of esters is 1. The highest BCUT2D eigenvalue weighted by molar-refractivity contribution is 5.81. The summed E-state index contributed by atoms with van der Waals surface area (Å²) in [5.41, 5.74) is -0.830. The molecule has 2 aliphatic rings. The predicted molar refractivity (Wildman–Crippen MR) is 93.3 cm³/mol. The molecule has 3 rings (SSSR count). The SMILES string of the molecule is CC[N+]1(C)CC[C@H](OC(=O)C(O)(c2ccccc2)C2CCCC2)C1. The first-order chi connectivity index (χ1) is 11.5. The first-order valence-corrected chi connectivity index (χ1v) is 9.30. The van der Waals surface area contributed by atoms with Crippen LogP contribution in [0.25, 0.3) is 0 Å². The molecular weight excluding hydrogens is 302 g/mol. The van der Waals surface area contributed by atoms with E-state index < -0.39 is 11.6 Å². The van der Waals surface area contributed by atoms with Crippen LogP contribution >= 0.6 is 0 Å². The molecule has 0 amide bonds. The topological polar surface area (TPSA) is 46.5 Å². The lowest BCUT2D eigenvalue weighted by atomic mass is 9.80. The lowest BCUT2D eigenvalue weighted by Gasteiger charge is -2.33. The number of carbonyl (C=O) groups is 1. The van der Waals surface area contributed by atoms with E-state index in [1.165, 1.54) is 0 Å². The Bertz CT molecular complexity index is 570. The van der Waals surface area contributed by atoms with E-state index in [0.717, 1.165) is 56.2 Å². The van der Waals surface area contributed by atoms with Crippen LogP contribution in [0.15, 0.2) is 30.3 Å². The zero-order valence-corrected chi connectivity index (χ0v) is 14.9. The van der Waals surface area contributed by atoms with E-state index in [0.29, 0.717) is 5.56 Å². The number of aliphatic hydroxyl groups is 1. The van der Waals surface area contributed by atoms with Crippen LogP contribution in [0.3, 0.4) is 0 Å². The third-order valence-corrected chi connectivity index (χ3v) is 6.14. The van der Waals surface area contributed by atoms with Crippen LogP contribution in [0.1, 0.15) is 44.6 Å². The summed E-state index contributed by atoms with van der Waals surface area (Å²) in [4.78, 5) is 13.0. The second kappa shape index (κ2) is 6.85. The number of hydrogen-bond donors (Lipinski definition) is 1. The fourth-order valence-electron chi connectivity index (χ4n) is 4.31. The van der Waals surface area contributed by atoms with Crippen molar-refractivity contribution in [3.8, 4) is 0 Å². The molecule has 2 fully saturated rings. The molecule has 0 bridgehead atoms. The number of benzene rings is 1. The minimum atomic E-state index is -1.50. The number of carbonyl (C=O) groups excluding carboxylic acids is 1. The molecule has 4 nitrogen and oxygen atoms in total. The summed E-state index contributed by atoms with van der Waals surface area (Å²) < 4.78 is 6.77. The number of likely N-dealkylation sites (N-methyl/N-ethyl adjacent to an activating group) is 1. The molecule has 1 aliphatic heterocycles. The zero-order chi connectivity index (χ0) is 17.2. The molecule has 132 valence electrons. The number of nitrogens with zero attached hydrogens (tertiary/aromatic N) is 1. The Hall–Kier alpha value is -1.39. The van der Waals surface area contributed by atoms with Crippen molar-refractivity contribution < 1.29 is 19.1 Å². The fraction of sp³-hybridized carbons (Fsp3) is 0.650. The monoisotopic (exact) mass is 332 g/mol. The minimum absolute atomic E-state index is 0.0409. The summed E-state index contributed by atoms with van der Waals surface area (Å²) in [5.74, 6) is -0.490. The van der Waals surface area contributed by atoms with E-state index in [1.54, 1.807) is 0 Å². The average molecular weight is 332 g/mol. The van der Waals surface area contributed by atoms with Crippen molar-refractivity contribution in [2.45, 2.75) is 50.7 Å². The maximum absolute atomic E-state index is 13.0. The molecule has 0 spiro atoms. The van der Waals surface area contributed by atoms with Crippen molar-refractivity contribution in [2.75, 3.05) is 26.7 Å². The maximum atomic E-state index is 13.0. The van der Waals surface area contributed by atoms with Gasteiger partial charge >= 0.3 is 5.97 Å². The molecule has 1 N–H and O–H groups in total. The van der Waals surface area contributed by atoms with E-state index in [4.69, 9.17) is 4.74 Å². The van der Waals surface area contributed by atoms with Gasteiger partial charge in [-0.15, -0.1) is 0 Å². The molecule has 24 heavy (non-hydrogen) atoms. The highest BCUT2D eigenvalue weighted by Gasteiger charge is 2.49. The zero-order valence-electron chi connectivity index (χ0n) is 14.9. The van der Waals surface area contributed by atoms with Crippen LogP contribution in [0.5, 0.6) is 0 Å². The summed E-state index contributed by atoms with van der Waals surface area (Å²) in [5, 5.41) is 11.4. The van der Waals surface area contributed by atoms with Crippen molar-refractivity contribution in [1.82, 2.24) is 0 Å². The molecule has 0 radical (unpaired) electrons. The minimum Gasteiger partial charge on any atom is -0.454 e. The van der Waals surface area contributed by atoms with Crippen molar-refractivity contribution in [3.05, 3.63) is 35.9 Å². The molecule has 1 aromatic carbocycles. The molecule has 1 saturated heterocycles. The molecule has 4 heteroatoms. The number of ether oxygens (including phenoxy) is 1. The number of quaternary nitrogens is 1. The smallest absolute Gasteiger partial charge is 0.343 e. The maximum Gasteiger partial charge on any atom is 0.343 e. The summed E-state index contributed by atoms with van der Waals surface area (Å²) in [6, 6.07) is 9.36. The standard InChI is InChI=1S/C20H30NO3/c1-3-21(2)14-13-18(15-21)24-19(22)20(23,17-11-7-8-12-17)16-9-5-4-6-10-16/h4-6,9-10,17-18,23H,3,7-8,11-15H2,1-2H3/q+1/t18-,20?,21?/m0/s1. The lowest BCUT2D eigenvalue weighted by Crippen LogP contribution is -2.46. The Morgan fingerprint density at radius 1 is 1.25 bits per heavy atom. The van der Waals surface area contributed by atoms with Gasteiger partial charge in [0.15, 0.2) is 11.7 Å². The molecular formula is C20H30NO3+. The third kappa shape index (κ3) is 3.22. The van der Waals surface area contributed by atoms with Crippen molar-refractivity contribution >= 4 is 5.97 Å². The van der Waals surface area contributed by atoms with E-state index in [2.05, 4.69) is 14.0 Å². The van der Waals surface area contributed by atoms with Gasteiger partial charge in [0.25, 0.3) is 0 Å². The van der Waals surface area contributed by atoms with Gasteiger partial charge in [-0.25, -0.2) is 4.79 Å². The Morgan fingerprint density at radius 3 is 2.50 bits per heavy atom. The molecule has 2 unspecified atom stereocenters. The normalized spacial score (nSPS) is 30.2. The first kappa shape index (κ1) is 17.4. The van der Waals surface area contributed by atoms with E-state index in [1.807, 2.05) is 30.3 Å². The summed E-state index contributed by atoms with van der Waals surface area (Å²) in [6.07, 6.45) is 4.70. The largest absolute Gasteiger partial charge is 0.454 e. The summed E-state index contributed by atoms with van der Waals surface area (Å²) in [6.45, 7) is 5.09. The van der Waals surface area contributed by atoms with E-state index in [-0.39, 0.29) is 12.0 Å². The Labute approximate surface area is 145 Å². The lowest BCUT2D eigenvalue weighted by molar-refractivity contribution is -0.897. The van der Waals surface area contributed by atoms with Gasteiger partial charge in [-0.2, -0.15) is 0 Å². The Kier molecular flexibility index (Phi) is 4.97. The molecule has 3 atom stereocenters. The van der Waals surface area contributed by atoms with E-state index in [9.17, 15) is 9.90 Å². The second-order valence-corrected chi connectivity index (χ2v) is 7.77. The third-order valence-electron chi connectivity index (χ3n) is 6.14. The van der Waals surface area contributed by atoms with Gasteiger partial charge in [-0.05, 0) is 25.3 Å². The number of hydrogen-bond acceptors (Lipinski definition) is 3. The van der Waals surface area contributed by atoms with Crippen LogP contribution < -0.4 is 0 Å². The van der Waals surface area contributed by atoms with Crippen LogP contribution in [0.4, 0.5) is 0 Å². The van der Waals surface area contributed by atoms with Crippen LogP contribution in [-0.4, -0.2) is 48.3 Å². The van der Waals surface area contributed by atoms with Gasteiger partial charge in [0.1, 0.15) is 6.54 Å². The van der Waals surface area contributed by atoms with Crippen molar-refractivity contribution in [3.63, 3.8) is 0 Å². The average Bonchev–Trinajstić information content (AvgIpc) is 3.26. The number of likely N-dealkylation sites (tertiary alicyclic amines) is 1. The van der Waals surface area contributed by atoms with E-state index >= 15 is 0 Å². The van der Waals surface area contributed by atoms with Crippen LogP contribution in [-0.2, 0) is 15.1 Å². The van der Waals surface area contributed by atoms with Gasteiger partial charge in [0.2, 0.25) is 0 Å². The van der Waals surface area contributed by atoms with Gasteiger partial charge in [-0.1, -0.05) is 43.2 Å². The van der Waals surface area contributed by atoms with Gasteiger partial charge in [0, 0.05) is 12.3 Å². The second-order valence-electron chi connectivity index (χ2n) is 7.77. The van der Waals surface area contributed by atoms with Crippen molar-refractivity contribution in [2.24, 2.45) is 5.92 Å². The summed E-state index contributed by atoms with van der Waals surface area (Å²) in [7, 11) is 2.20. The Morgan fingerprint density at radius 2 is 1.92 bits per heavy atom. The van der Waals surface area contributed by atoms with Gasteiger partial charge in [-0.3, -0.25) is 0 Å². The van der Waals surface area contributed by atoms with Crippen molar-refractivity contribution in [1.29, 1.82) is 0 Å². The summed E-state index contributed by atoms with van der Waals surface area (Å²) >= 11 is 0. The molecule has 1 aromatic rings. The van der Waals surface area contributed by atoms with Gasteiger partial charge in [0.05, 0.1) is 20.1 Å². The first-order valence-electron chi connectivity index (χ1n) is 9.30. The highest BCUT2D eigenvalue weighted by Crippen LogP contribution is 2.42.